The van der Waals surface area contributed by atoms with Crippen LogP contribution >= 0.6 is 0 Å². The molecule has 0 aliphatic heterocycles. The summed E-state index contributed by atoms with van der Waals surface area (Å²) in [6, 6.07) is 7.06. The number of para-hydroxylation sites is 1. The van der Waals surface area contributed by atoms with E-state index in [1.807, 2.05) is 31.2 Å². The zero-order valence-corrected chi connectivity index (χ0v) is 7.74. The number of nitrogens with one attached hydrogen (secondary N) is 1. The third kappa shape index (κ3) is 2.47. The van der Waals surface area contributed by atoms with Crippen molar-refractivity contribution in [2.45, 2.75) is 19.9 Å². The van der Waals surface area contributed by atoms with Crippen molar-refractivity contribution >= 4 is 11.7 Å². The van der Waals surface area contributed by atoms with Crippen molar-refractivity contribution in [2.24, 2.45) is 0 Å². The molecule has 0 heterocycles. The molecule has 1 rings (SSSR count). The smallest absolute Gasteiger partial charge is 0.325 e. The molecule has 1 unspecified atom stereocenters. The van der Waals surface area contributed by atoms with Crippen LogP contribution in [0.5, 0.6) is 0 Å². The average molecular weight is 179 g/mol. The Hall–Kier alpha value is -1.51. The second kappa shape index (κ2) is 3.94. The van der Waals surface area contributed by atoms with E-state index in [0.29, 0.717) is 0 Å². The van der Waals surface area contributed by atoms with Crippen molar-refractivity contribution in [1.29, 1.82) is 0 Å². The number of aliphatic carboxylic acids is 1. The van der Waals surface area contributed by atoms with Gasteiger partial charge in [0.2, 0.25) is 0 Å². The number of rotatable bonds is 3. The molecule has 0 bridgehead atoms. The lowest BCUT2D eigenvalue weighted by Gasteiger charge is -2.12. The van der Waals surface area contributed by atoms with Crippen molar-refractivity contribution in [1.82, 2.24) is 0 Å². The summed E-state index contributed by atoms with van der Waals surface area (Å²) in [6.45, 7) is 3.56. The van der Waals surface area contributed by atoms with E-state index >= 15 is 0 Å². The quantitative estimate of drug-likeness (QED) is 0.744. The van der Waals surface area contributed by atoms with Crippen LogP contribution in [0, 0.1) is 6.92 Å². The molecule has 1 aromatic carbocycles. The van der Waals surface area contributed by atoms with Crippen LogP contribution in [0.4, 0.5) is 5.69 Å². The van der Waals surface area contributed by atoms with E-state index in [0.717, 1.165) is 11.3 Å². The van der Waals surface area contributed by atoms with E-state index in [1.165, 1.54) is 0 Å². The third-order valence-corrected chi connectivity index (χ3v) is 1.89. The van der Waals surface area contributed by atoms with E-state index in [1.54, 1.807) is 6.92 Å². The lowest BCUT2D eigenvalue weighted by Crippen LogP contribution is -2.25. The Bertz CT molecular complexity index is 310. The molecule has 0 aliphatic rings. The minimum absolute atomic E-state index is 0.555. The van der Waals surface area contributed by atoms with E-state index in [9.17, 15) is 4.79 Å². The fraction of sp³-hybridized carbons (Fsp3) is 0.300. The van der Waals surface area contributed by atoms with Crippen LogP contribution in [0.3, 0.4) is 0 Å². The van der Waals surface area contributed by atoms with Gasteiger partial charge in [-0.2, -0.15) is 0 Å². The Labute approximate surface area is 77.4 Å². The molecule has 13 heavy (non-hydrogen) atoms. The molecule has 0 aliphatic carbocycles. The summed E-state index contributed by atoms with van der Waals surface area (Å²) in [5.41, 5.74) is 1.92. The van der Waals surface area contributed by atoms with Gasteiger partial charge in [0.15, 0.2) is 0 Å². The first-order valence-corrected chi connectivity index (χ1v) is 4.16. The summed E-state index contributed by atoms with van der Waals surface area (Å²) in [6.07, 6.45) is 0. The Morgan fingerprint density at radius 2 is 2.08 bits per heavy atom. The van der Waals surface area contributed by atoms with Crippen molar-refractivity contribution in [3.8, 4) is 0 Å². The van der Waals surface area contributed by atoms with E-state index in [2.05, 4.69) is 5.32 Å². The Balaban J connectivity index is 2.74. The predicted octanol–water partition coefficient (Wildman–Crippen LogP) is 1.88. The first-order chi connectivity index (χ1) is 6.11. The fourth-order valence-corrected chi connectivity index (χ4v) is 1.03. The van der Waals surface area contributed by atoms with Gasteiger partial charge in [0.05, 0.1) is 0 Å². The van der Waals surface area contributed by atoms with Crippen LogP contribution in [0.15, 0.2) is 24.3 Å². The van der Waals surface area contributed by atoms with Gasteiger partial charge in [-0.1, -0.05) is 18.2 Å². The Morgan fingerprint density at radius 1 is 1.46 bits per heavy atom. The summed E-state index contributed by atoms with van der Waals surface area (Å²) in [5.74, 6) is -0.844. The van der Waals surface area contributed by atoms with Crippen molar-refractivity contribution in [2.75, 3.05) is 5.32 Å². The molecule has 3 nitrogen and oxygen atoms in total. The highest BCUT2D eigenvalue weighted by Gasteiger charge is 2.10. The average Bonchev–Trinajstić information content (AvgIpc) is 2.08. The van der Waals surface area contributed by atoms with Gasteiger partial charge in [-0.15, -0.1) is 0 Å². The lowest BCUT2D eigenvalue weighted by atomic mass is 10.2. The van der Waals surface area contributed by atoms with Crippen LogP contribution in [0.2, 0.25) is 0 Å². The first kappa shape index (κ1) is 9.58. The molecule has 0 spiro atoms. The SMILES string of the molecule is Cc1ccccc1NC(C)C(=O)O. The molecule has 0 radical (unpaired) electrons. The van der Waals surface area contributed by atoms with E-state index < -0.39 is 12.0 Å². The van der Waals surface area contributed by atoms with Crippen molar-refractivity contribution < 1.29 is 9.90 Å². The summed E-state index contributed by atoms with van der Waals surface area (Å²) >= 11 is 0. The van der Waals surface area contributed by atoms with Gasteiger partial charge in [-0.3, -0.25) is 4.79 Å². The second-order valence-corrected chi connectivity index (χ2v) is 3.02. The topological polar surface area (TPSA) is 49.3 Å². The van der Waals surface area contributed by atoms with Gasteiger partial charge in [0.25, 0.3) is 0 Å². The van der Waals surface area contributed by atoms with Crippen LogP contribution in [-0.4, -0.2) is 17.1 Å². The van der Waals surface area contributed by atoms with Gasteiger partial charge in [0, 0.05) is 5.69 Å². The van der Waals surface area contributed by atoms with Crippen LogP contribution in [-0.2, 0) is 4.79 Å². The summed E-state index contributed by atoms with van der Waals surface area (Å²) in [5, 5.41) is 11.6. The van der Waals surface area contributed by atoms with Crippen molar-refractivity contribution in [3.63, 3.8) is 0 Å². The van der Waals surface area contributed by atoms with Gasteiger partial charge in [-0.25, -0.2) is 0 Å². The molecular formula is C10H13NO2. The summed E-state index contributed by atoms with van der Waals surface area (Å²) in [4.78, 5) is 10.6. The van der Waals surface area contributed by atoms with E-state index in [-0.39, 0.29) is 0 Å². The van der Waals surface area contributed by atoms with Crippen LogP contribution in [0.1, 0.15) is 12.5 Å². The number of carboxylic acid groups (broad SMARTS) is 1. The zero-order chi connectivity index (χ0) is 9.84. The first-order valence-electron chi connectivity index (χ1n) is 4.16. The number of carboxylic acids is 1. The van der Waals surface area contributed by atoms with Gasteiger partial charge >= 0.3 is 5.97 Å². The number of anilines is 1. The number of hydrogen-bond acceptors (Lipinski definition) is 2. The van der Waals surface area contributed by atoms with Gasteiger partial charge < -0.3 is 10.4 Å². The second-order valence-electron chi connectivity index (χ2n) is 3.02. The molecule has 3 heteroatoms. The fourth-order valence-electron chi connectivity index (χ4n) is 1.03. The maximum Gasteiger partial charge on any atom is 0.325 e. The molecule has 2 N–H and O–H groups in total. The predicted molar refractivity (Wildman–Crippen MR) is 51.9 cm³/mol. The number of benzene rings is 1. The van der Waals surface area contributed by atoms with Crippen molar-refractivity contribution in [3.05, 3.63) is 29.8 Å². The van der Waals surface area contributed by atoms with Gasteiger partial charge in [0.1, 0.15) is 6.04 Å². The third-order valence-electron chi connectivity index (χ3n) is 1.89. The summed E-state index contributed by atoms with van der Waals surface area (Å²) < 4.78 is 0. The molecule has 1 atom stereocenters. The minimum atomic E-state index is -0.844. The molecule has 0 amide bonds. The maximum atomic E-state index is 10.6. The summed E-state index contributed by atoms with van der Waals surface area (Å²) in [7, 11) is 0. The Morgan fingerprint density at radius 3 is 2.62 bits per heavy atom. The lowest BCUT2D eigenvalue weighted by molar-refractivity contribution is -0.137. The molecule has 0 aromatic heterocycles. The molecule has 0 saturated carbocycles. The normalized spacial score (nSPS) is 12.2. The molecule has 70 valence electrons. The Kier molecular flexibility index (Phi) is 2.90. The van der Waals surface area contributed by atoms with Crippen LogP contribution in [0.25, 0.3) is 0 Å². The number of aryl methyl sites for hydroxylation is 1. The largest absolute Gasteiger partial charge is 0.480 e. The van der Waals surface area contributed by atoms with Gasteiger partial charge in [-0.05, 0) is 25.5 Å². The highest BCUT2D eigenvalue weighted by atomic mass is 16.4. The maximum absolute atomic E-state index is 10.6. The standard InChI is InChI=1S/C10H13NO2/c1-7-5-3-4-6-9(7)11-8(2)10(12)13/h3-6,8,11H,1-2H3,(H,12,13). The highest BCUT2D eigenvalue weighted by molar-refractivity contribution is 5.77. The number of carbonyl (C=O) groups is 1. The molecular weight excluding hydrogens is 166 g/mol. The monoisotopic (exact) mass is 179 g/mol. The molecule has 1 aromatic rings. The zero-order valence-electron chi connectivity index (χ0n) is 7.74. The minimum Gasteiger partial charge on any atom is -0.480 e. The van der Waals surface area contributed by atoms with E-state index in [4.69, 9.17) is 5.11 Å². The molecule has 0 fully saturated rings. The van der Waals surface area contributed by atoms with Crippen LogP contribution < -0.4 is 5.32 Å². The number of hydrogen-bond donors (Lipinski definition) is 2. The highest BCUT2D eigenvalue weighted by Crippen LogP contribution is 2.13. The molecule has 0 saturated heterocycles.